The van der Waals surface area contributed by atoms with E-state index in [1.165, 1.54) is 60.9 Å². The van der Waals surface area contributed by atoms with Gasteiger partial charge in [0.25, 0.3) is 20.0 Å². The average Bonchev–Trinajstić information content (AvgIpc) is 2.93. The van der Waals surface area contributed by atoms with Gasteiger partial charge in [0.15, 0.2) is 0 Å². The van der Waals surface area contributed by atoms with E-state index in [0.717, 1.165) is 4.31 Å². The van der Waals surface area contributed by atoms with E-state index in [9.17, 15) is 21.6 Å². The van der Waals surface area contributed by atoms with Crippen molar-refractivity contribution in [1.29, 1.82) is 0 Å². The molecule has 0 fully saturated rings. The summed E-state index contributed by atoms with van der Waals surface area (Å²) in [6.45, 7) is 1.71. The first-order valence-corrected chi connectivity index (χ1v) is 15.2. The third-order valence-corrected chi connectivity index (χ3v) is 8.92. The van der Waals surface area contributed by atoms with Gasteiger partial charge >= 0.3 is 0 Å². The maximum Gasteiger partial charge on any atom is 0.264 e. The molecule has 0 atom stereocenters. The molecule has 10 nitrogen and oxygen atoms in total. The van der Waals surface area contributed by atoms with E-state index in [2.05, 4.69) is 15.0 Å². The first-order chi connectivity index (χ1) is 19.1. The summed E-state index contributed by atoms with van der Waals surface area (Å²) in [6, 6.07) is 20.5. The molecule has 4 aromatic rings. The number of anilines is 3. The summed E-state index contributed by atoms with van der Waals surface area (Å²) in [5.74, 6) is -0.0943. The number of hydrogen-bond donors (Lipinski definition) is 2. The smallest absolute Gasteiger partial charge is 0.264 e. The van der Waals surface area contributed by atoms with Crippen LogP contribution in [0.3, 0.4) is 0 Å². The molecule has 40 heavy (non-hydrogen) atoms. The fourth-order valence-electron chi connectivity index (χ4n) is 3.61. The van der Waals surface area contributed by atoms with Gasteiger partial charge in [-0.1, -0.05) is 11.6 Å². The van der Waals surface area contributed by atoms with Gasteiger partial charge in [0.2, 0.25) is 5.91 Å². The molecule has 1 amide bonds. The molecule has 0 saturated heterocycles. The van der Waals surface area contributed by atoms with E-state index in [4.69, 9.17) is 16.3 Å². The molecule has 1 heterocycles. The molecular weight excluding hydrogens is 576 g/mol. The Balaban J connectivity index is 1.54. The summed E-state index contributed by atoms with van der Waals surface area (Å²) >= 11 is 5.93. The van der Waals surface area contributed by atoms with Crippen molar-refractivity contribution in [2.75, 3.05) is 27.5 Å². The largest absolute Gasteiger partial charge is 0.494 e. The molecule has 1 aromatic heterocycles. The second-order valence-corrected chi connectivity index (χ2v) is 12.3. The lowest BCUT2D eigenvalue weighted by Crippen LogP contribution is -2.38. The van der Waals surface area contributed by atoms with E-state index in [-0.39, 0.29) is 21.2 Å². The number of carbonyl (C=O) groups excluding carboxylic acids is 1. The molecule has 0 radical (unpaired) electrons. The fourth-order valence-corrected chi connectivity index (χ4v) is 6.20. The van der Waals surface area contributed by atoms with Crippen molar-refractivity contribution in [3.05, 3.63) is 102 Å². The van der Waals surface area contributed by atoms with Crippen LogP contribution in [0.1, 0.15) is 6.92 Å². The number of ether oxygens (including phenoxy) is 1. The van der Waals surface area contributed by atoms with Crippen molar-refractivity contribution >= 4 is 54.6 Å². The maximum atomic E-state index is 13.5. The average molecular weight is 601 g/mol. The normalized spacial score (nSPS) is 11.4. The van der Waals surface area contributed by atoms with E-state index in [1.807, 2.05) is 6.92 Å². The van der Waals surface area contributed by atoms with Crippen molar-refractivity contribution in [3.8, 4) is 5.75 Å². The number of hydrogen-bond acceptors (Lipinski definition) is 7. The summed E-state index contributed by atoms with van der Waals surface area (Å²) in [4.78, 5) is 16.8. The number of carbonyl (C=O) groups is 1. The molecule has 13 heteroatoms. The molecule has 2 N–H and O–H groups in total. The lowest BCUT2D eigenvalue weighted by molar-refractivity contribution is -0.114. The molecule has 208 valence electrons. The highest BCUT2D eigenvalue weighted by atomic mass is 35.5. The number of nitrogens with zero attached hydrogens (tertiary/aromatic N) is 2. The van der Waals surface area contributed by atoms with E-state index < -0.39 is 32.5 Å². The van der Waals surface area contributed by atoms with Crippen molar-refractivity contribution in [2.45, 2.75) is 16.7 Å². The molecular formula is C27H25ClN4O6S2. The predicted molar refractivity (Wildman–Crippen MR) is 154 cm³/mol. The monoisotopic (exact) mass is 600 g/mol. The number of aromatic nitrogens is 1. The maximum absolute atomic E-state index is 13.5. The first kappa shape index (κ1) is 28.9. The van der Waals surface area contributed by atoms with Gasteiger partial charge in [-0.05, 0) is 91.9 Å². The summed E-state index contributed by atoms with van der Waals surface area (Å²) in [6.07, 6.45) is 2.90. The third kappa shape index (κ3) is 7.08. The Hall–Kier alpha value is -4.13. The van der Waals surface area contributed by atoms with Crippen LogP contribution in [0.15, 0.2) is 107 Å². The zero-order valence-electron chi connectivity index (χ0n) is 21.2. The number of sulfonamides is 2. The number of halogens is 1. The van der Waals surface area contributed by atoms with Gasteiger partial charge < -0.3 is 10.1 Å². The van der Waals surface area contributed by atoms with Crippen LogP contribution in [0.2, 0.25) is 5.02 Å². The Morgan fingerprint density at radius 1 is 0.875 bits per heavy atom. The van der Waals surface area contributed by atoms with Crippen molar-refractivity contribution in [1.82, 2.24) is 4.98 Å². The fraction of sp³-hybridized carbons (Fsp3) is 0.111. The van der Waals surface area contributed by atoms with Crippen LogP contribution in [0.5, 0.6) is 5.75 Å². The second kappa shape index (κ2) is 12.4. The molecule has 0 aliphatic carbocycles. The highest BCUT2D eigenvalue weighted by molar-refractivity contribution is 7.93. The Kier molecular flexibility index (Phi) is 8.93. The molecule has 0 bridgehead atoms. The van der Waals surface area contributed by atoms with Gasteiger partial charge in [0.1, 0.15) is 12.3 Å². The summed E-state index contributed by atoms with van der Waals surface area (Å²) < 4.78 is 61.2. The molecule has 4 rings (SSSR count). The lowest BCUT2D eigenvalue weighted by Gasteiger charge is -2.24. The van der Waals surface area contributed by atoms with Gasteiger partial charge in [-0.15, -0.1) is 0 Å². The quantitative estimate of drug-likeness (QED) is 0.253. The minimum absolute atomic E-state index is 0.0318. The Morgan fingerprint density at radius 3 is 2.12 bits per heavy atom. The van der Waals surface area contributed by atoms with E-state index in [0.29, 0.717) is 23.1 Å². The summed E-state index contributed by atoms with van der Waals surface area (Å²) in [5.41, 5.74) is 0.827. The zero-order valence-corrected chi connectivity index (χ0v) is 23.6. The van der Waals surface area contributed by atoms with Crippen molar-refractivity contribution < 1.29 is 26.4 Å². The zero-order chi connectivity index (χ0) is 28.8. The van der Waals surface area contributed by atoms with Crippen LogP contribution < -0.4 is 19.1 Å². The van der Waals surface area contributed by atoms with E-state index >= 15 is 0 Å². The SMILES string of the molecule is CCOc1ccc(N(CC(=O)Nc2ccc(S(=O)(=O)Nc3cccnc3)cc2)S(=O)(=O)c2ccc(Cl)cc2)cc1. The number of nitrogens with one attached hydrogen (secondary N) is 2. The minimum Gasteiger partial charge on any atom is -0.494 e. The van der Waals surface area contributed by atoms with Crippen LogP contribution in [-0.4, -0.2) is 40.9 Å². The molecule has 0 spiro atoms. The Labute approximate surface area is 237 Å². The Morgan fingerprint density at radius 2 is 1.52 bits per heavy atom. The second-order valence-electron chi connectivity index (χ2n) is 8.31. The van der Waals surface area contributed by atoms with Crippen LogP contribution in [-0.2, 0) is 24.8 Å². The van der Waals surface area contributed by atoms with Crippen molar-refractivity contribution in [2.24, 2.45) is 0 Å². The first-order valence-electron chi connectivity index (χ1n) is 11.9. The molecule has 0 saturated carbocycles. The summed E-state index contributed by atoms with van der Waals surface area (Å²) in [7, 11) is -8.04. The highest BCUT2D eigenvalue weighted by Crippen LogP contribution is 2.27. The van der Waals surface area contributed by atoms with Gasteiger partial charge in [0.05, 0.1) is 34.0 Å². The number of benzene rings is 3. The van der Waals surface area contributed by atoms with Crippen LogP contribution in [0.4, 0.5) is 17.1 Å². The molecule has 3 aromatic carbocycles. The van der Waals surface area contributed by atoms with Crippen molar-refractivity contribution in [3.63, 3.8) is 0 Å². The van der Waals surface area contributed by atoms with Gasteiger partial charge in [0, 0.05) is 16.9 Å². The van der Waals surface area contributed by atoms with Gasteiger partial charge in [-0.25, -0.2) is 16.8 Å². The molecule has 0 unspecified atom stereocenters. The standard InChI is InChI=1S/C27H25ClN4O6S2/c1-2-38-24-11-9-23(10-12-24)32(40(36,37)26-13-5-20(28)6-14-26)19-27(33)30-21-7-15-25(16-8-21)39(34,35)31-22-4-3-17-29-18-22/h3-18,31H,2,19H2,1H3,(H,30,33). The van der Waals surface area contributed by atoms with E-state index in [1.54, 1.807) is 36.4 Å². The number of rotatable bonds is 11. The van der Waals surface area contributed by atoms with Crippen LogP contribution in [0, 0.1) is 0 Å². The third-order valence-electron chi connectivity index (χ3n) is 5.49. The topological polar surface area (TPSA) is 135 Å². The van der Waals surface area contributed by atoms with Gasteiger partial charge in [-0.2, -0.15) is 0 Å². The van der Waals surface area contributed by atoms with Crippen LogP contribution in [0.25, 0.3) is 0 Å². The summed E-state index contributed by atoms with van der Waals surface area (Å²) in [5, 5.41) is 2.98. The molecule has 0 aliphatic heterocycles. The Bertz CT molecular complexity index is 1670. The van der Waals surface area contributed by atoms with Crippen LogP contribution >= 0.6 is 11.6 Å². The number of pyridine rings is 1. The van der Waals surface area contributed by atoms with Gasteiger partial charge in [-0.3, -0.25) is 18.8 Å². The molecule has 0 aliphatic rings. The highest BCUT2D eigenvalue weighted by Gasteiger charge is 2.27. The predicted octanol–water partition coefficient (Wildman–Crippen LogP) is 4.77. The lowest BCUT2D eigenvalue weighted by atomic mass is 10.3. The number of amides is 1. The minimum atomic E-state index is -4.16.